The molecule has 7 heteroatoms. The summed E-state index contributed by atoms with van der Waals surface area (Å²) >= 11 is 0. The second-order valence-electron chi connectivity index (χ2n) is 11.8. The molecule has 2 aromatic rings. The molecule has 3 atom stereocenters. The zero-order valence-electron chi connectivity index (χ0n) is 23.0. The molecule has 1 N–H and O–H groups in total. The van der Waals surface area contributed by atoms with E-state index in [0.29, 0.717) is 31.2 Å². The molecule has 36 heavy (non-hydrogen) atoms. The minimum absolute atomic E-state index is 0.0737. The molecule has 1 aromatic heterocycles. The van der Waals surface area contributed by atoms with E-state index in [1.54, 1.807) is 7.11 Å². The lowest BCUT2D eigenvalue weighted by Crippen LogP contribution is -2.64. The number of carbonyl (C=O) groups excluding carboxylic acids is 2. The van der Waals surface area contributed by atoms with Gasteiger partial charge in [-0.05, 0) is 68.7 Å². The maximum absolute atomic E-state index is 13.8. The quantitative estimate of drug-likeness (QED) is 0.523. The van der Waals surface area contributed by atoms with Gasteiger partial charge in [-0.25, -0.2) is 0 Å². The van der Waals surface area contributed by atoms with Crippen LogP contribution in [0.25, 0.3) is 10.9 Å². The van der Waals surface area contributed by atoms with Gasteiger partial charge in [0, 0.05) is 37.6 Å². The summed E-state index contributed by atoms with van der Waals surface area (Å²) in [6.07, 6.45) is 3.07. The molecular formula is C29H44N4O3. The molecule has 0 bridgehead atoms. The van der Waals surface area contributed by atoms with Gasteiger partial charge in [0.15, 0.2) is 0 Å². The lowest BCUT2D eigenvalue weighted by atomic mass is 9.92. The Kier molecular flexibility index (Phi) is 7.98. The molecule has 1 fully saturated rings. The van der Waals surface area contributed by atoms with Crippen molar-refractivity contribution in [3.8, 4) is 5.75 Å². The zero-order valence-corrected chi connectivity index (χ0v) is 23.0. The number of nitrogens with one attached hydrogen (secondary N) is 1. The summed E-state index contributed by atoms with van der Waals surface area (Å²) in [5.41, 5.74) is 0.608. The van der Waals surface area contributed by atoms with Gasteiger partial charge in [0.05, 0.1) is 19.2 Å². The number of fused-ring (bicyclic) bond motifs is 3. The fourth-order valence-corrected chi connectivity index (χ4v) is 6.06. The maximum Gasteiger partial charge on any atom is 0.271 e. The number of nitrogens with zero attached hydrogens (tertiary/aromatic N) is 3. The van der Waals surface area contributed by atoms with Crippen LogP contribution < -0.4 is 10.1 Å². The van der Waals surface area contributed by atoms with Crippen molar-refractivity contribution in [1.29, 1.82) is 0 Å². The Morgan fingerprint density at radius 1 is 1.17 bits per heavy atom. The Balaban J connectivity index is 1.51. The van der Waals surface area contributed by atoms with Gasteiger partial charge in [0.1, 0.15) is 17.0 Å². The van der Waals surface area contributed by atoms with Gasteiger partial charge in [-0.15, -0.1) is 0 Å². The van der Waals surface area contributed by atoms with E-state index in [0.717, 1.165) is 61.0 Å². The van der Waals surface area contributed by atoms with Crippen LogP contribution in [0, 0.1) is 17.8 Å². The predicted octanol–water partition coefficient (Wildman–Crippen LogP) is 4.39. The van der Waals surface area contributed by atoms with Crippen molar-refractivity contribution < 1.29 is 14.3 Å². The monoisotopic (exact) mass is 496 g/mol. The van der Waals surface area contributed by atoms with Crippen molar-refractivity contribution >= 4 is 22.7 Å². The minimum atomic E-state index is -0.956. The Bertz CT molecular complexity index is 1080. The molecule has 1 aromatic carbocycles. The van der Waals surface area contributed by atoms with Crippen LogP contribution in [0.5, 0.6) is 5.75 Å². The largest absolute Gasteiger partial charge is 0.497 e. The minimum Gasteiger partial charge on any atom is -0.497 e. The first-order valence-corrected chi connectivity index (χ1v) is 13.6. The second kappa shape index (κ2) is 10.8. The van der Waals surface area contributed by atoms with Gasteiger partial charge in [-0.1, -0.05) is 27.7 Å². The summed E-state index contributed by atoms with van der Waals surface area (Å²) in [7, 11) is 1.64. The van der Waals surface area contributed by atoms with E-state index in [9.17, 15) is 9.59 Å². The van der Waals surface area contributed by atoms with Gasteiger partial charge in [-0.2, -0.15) is 0 Å². The summed E-state index contributed by atoms with van der Waals surface area (Å²) in [5.74, 6) is 2.49. The topological polar surface area (TPSA) is 66.8 Å². The zero-order chi connectivity index (χ0) is 26.0. The van der Waals surface area contributed by atoms with Gasteiger partial charge >= 0.3 is 0 Å². The number of methoxy groups -OCH3 is 1. The number of ether oxygens (including phenoxy) is 1. The second-order valence-corrected chi connectivity index (χ2v) is 11.8. The maximum atomic E-state index is 13.8. The molecule has 0 radical (unpaired) electrons. The average Bonchev–Trinajstić information content (AvgIpc) is 3.18. The fourth-order valence-electron chi connectivity index (χ4n) is 6.06. The van der Waals surface area contributed by atoms with Crippen LogP contribution in [0.2, 0.25) is 0 Å². The summed E-state index contributed by atoms with van der Waals surface area (Å²) in [4.78, 5) is 31.8. The molecular weight excluding hydrogens is 452 g/mol. The first-order valence-electron chi connectivity index (χ1n) is 13.6. The number of piperidine rings is 1. The highest BCUT2D eigenvalue weighted by Gasteiger charge is 2.47. The van der Waals surface area contributed by atoms with Gasteiger partial charge < -0.3 is 24.4 Å². The first kappa shape index (κ1) is 26.5. The fraction of sp³-hybridized carbons (Fsp3) is 0.655. The number of carbonyl (C=O) groups is 2. The number of rotatable bonds is 9. The third-order valence-corrected chi connectivity index (χ3v) is 7.94. The summed E-state index contributed by atoms with van der Waals surface area (Å²) in [5, 5.41) is 4.17. The number of hydrogen-bond donors (Lipinski definition) is 1. The number of hydrogen-bond acceptors (Lipinski definition) is 4. The standard InChI is InChI=1S/C29H44N4O3/c1-20(2)10-13-33-27(34)26-15-23-8-9-24(36-6)16-25(23)32(26)19-29(33,5)28(35)30-11-7-12-31-17-21(3)14-22(4)18-31/h8-9,15-16,20-22H,7,10-14,17-19H2,1-6H3,(H,30,35)/t21-,22+,29-/m0/s1. The van der Waals surface area contributed by atoms with E-state index in [1.807, 2.05) is 40.7 Å². The molecule has 0 spiro atoms. The Hall–Kier alpha value is -2.54. The van der Waals surface area contributed by atoms with Gasteiger partial charge in [-0.3, -0.25) is 9.59 Å². The molecule has 0 saturated carbocycles. The van der Waals surface area contributed by atoms with Crippen molar-refractivity contribution in [2.24, 2.45) is 17.8 Å². The van der Waals surface area contributed by atoms with Crippen molar-refractivity contribution in [3.63, 3.8) is 0 Å². The third kappa shape index (κ3) is 5.41. The Labute approximate surface area is 216 Å². The molecule has 7 nitrogen and oxygen atoms in total. The highest BCUT2D eigenvalue weighted by molar-refractivity contribution is 6.03. The van der Waals surface area contributed by atoms with Gasteiger partial charge in [0.2, 0.25) is 5.91 Å². The van der Waals surface area contributed by atoms with Crippen LogP contribution in [0.15, 0.2) is 24.3 Å². The lowest BCUT2D eigenvalue weighted by Gasteiger charge is -2.44. The molecule has 0 unspecified atom stereocenters. The van der Waals surface area contributed by atoms with Crippen LogP contribution >= 0.6 is 0 Å². The third-order valence-electron chi connectivity index (χ3n) is 7.94. The van der Waals surface area contributed by atoms with E-state index < -0.39 is 5.54 Å². The summed E-state index contributed by atoms with van der Waals surface area (Å²) in [6, 6.07) is 7.78. The molecule has 4 rings (SSSR count). The lowest BCUT2D eigenvalue weighted by molar-refractivity contribution is -0.132. The summed E-state index contributed by atoms with van der Waals surface area (Å²) in [6.45, 7) is 15.8. The van der Waals surface area contributed by atoms with Crippen molar-refractivity contribution in [2.75, 3.05) is 39.8 Å². The molecule has 0 aliphatic carbocycles. The number of amides is 2. The van der Waals surface area contributed by atoms with Crippen molar-refractivity contribution in [2.45, 2.75) is 66.0 Å². The number of aromatic nitrogens is 1. The highest BCUT2D eigenvalue weighted by atomic mass is 16.5. The van der Waals surface area contributed by atoms with E-state index in [1.165, 1.54) is 6.42 Å². The average molecular weight is 497 g/mol. The van der Waals surface area contributed by atoms with E-state index in [2.05, 4.69) is 37.9 Å². The predicted molar refractivity (Wildman–Crippen MR) is 144 cm³/mol. The molecule has 198 valence electrons. The van der Waals surface area contributed by atoms with Gasteiger partial charge in [0.25, 0.3) is 5.91 Å². The van der Waals surface area contributed by atoms with E-state index in [4.69, 9.17) is 4.74 Å². The molecule has 2 aliphatic rings. The van der Waals surface area contributed by atoms with Crippen molar-refractivity contribution in [3.05, 3.63) is 30.0 Å². The molecule has 1 saturated heterocycles. The molecule has 3 heterocycles. The molecule has 2 aliphatic heterocycles. The highest BCUT2D eigenvalue weighted by Crippen LogP contribution is 2.34. The van der Waals surface area contributed by atoms with Crippen molar-refractivity contribution in [1.82, 2.24) is 19.7 Å². The van der Waals surface area contributed by atoms with Crippen LogP contribution in [0.4, 0.5) is 0 Å². The normalized spacial score (nSPS) is 24.9. The van der Waals surface area contributed by atoms with Crippen LogP contribution in [-0.4, -0.2) is 71.6 Å². The van der Waals surface area contributed by atoms with Crippen LogP contribution in [0.1, 0.15) is 64.4 Å². The smallest absolute Gasteiger partial charge is 0.271 e. The Morgan fingerprint density at radius 2 is 1.89 bits per heavy atom. The molecule has 2 amide bonds. The SMILES string of the molecule is COc1ccc2cc3n(c2c1)C[C@@](C)(C(=O)NCCCN1C[C@H](C)C[C@H](C)C1)N(CCC(C)C)C3=O. The van der Waals surface area contributed by atoms with E-state index >= 15 is 0 Å². The van der Waals surface area contributed by atoms with E-state index in [-0.39, 0.29) is 11.8 Å². The first-order chi connectivity index (χ1) is 17.1. The number of likely N-dealkylation sites (tertiary alicyclic amines) is 1. The van der Waals surface area contributed by atoms with Crippen LogP contribution in [-0.2, 0) is 11.3 Å². The Morgan fingerprint density at radius 3 is 2.56 bits per heavy atom. The summed E-state index contributed by atoms with van der Waals surface area (Å²) < 4.78 is 7.43. The number of benzene rings is 1. The van der Waals surface area contributed by atoms with Crippen LogP contribution in [0.3, 0.4) is 0 Å².